The predicted molar refractivity (Wildman–Crippen MR) is 81.9 cm³/mol. The highest BCUT2D eigenvalue weighted by Crippen LogP contribution is 2.25. The van der Waals surface area contributed by atoms with E-state index in [1.807, 2.05) is 6.07 Å². The molecule has 1 fully saturated rings. The number of fused-ring (bicyclic) bond motifs is 1. The Morgan fingerprint density at radius 2 is 2.20 bits per heavy atom. The number of nitrogens with one attached hydrogen (secondary N) is 2. The van der Waals surface area contributed by atoms with Crippen LogP contribution in [0, 0.1) is 5.92 Å². The van der Waals surface area contributed by atoms with Gasteiger partial charge in [0.1, 0.15) is 0 Å². The minimum Gasteiger partial charge on any atom is -0.325 e. The first kappa shape index (κ1) is 13.6. The molecule has 1 saturated heterocycles. The van der Waals surface area contributed by atoms with E-state index in [1.165, 1.54) is 36.8 Å². The monoisotopic (exact) mass is 272 g/mol. The molecule has 1 aromatic rings. The van der Waals surface area contributed by atoms with E-state index in [9.17, 15) is 4.79 Å². The molecule has 0 aromatic heterocycles. The molecule has 108 valence electrons. The lowest BCUT2D eigenvalue weighted by Crippen LogP contribution is -2.46. The van der Waals surface area contributed by atoms with Crippen LogP contribution in [-0.4, -0.2) is 18.5 Å². The summed E-state index contributed by atoms with van der Waals surface area (Å²) in [5.41, 5.74) is 3.81. The average molecular weight is 272 g/mol. The lowest BCUT2D eigenvalue weighted by Gasteiger charge is -2.28. The number of amides is 1. The first-order valence-corrected chi connectivity index (χ1v) is 7.92. The topological polar surface area (TPSA) is 41.1 Å². The van der Waals surface area contributed by atoms with Crippen LogP contribution in [-0.2, 0) is 17.6 Å². The van der Waals surface area contributed by atoms with Crippen molar-refractivity contribution >= 4 is 11.6 Å². The third kappa shape index (κ3) is 2.88. The number of carbonyl (C=O) groups is 1. The van der Waals surface area contributed by atoms with Crippen LogP contribution in [0.3, 0.4) is 0 Å². The van der Waals surface area contributed by atoms with Crippen LogP contribution in [0.2, 0.25) is 0 Å². The molecule has 20 heavy (non-hydrogen) atoms. The Labute approximate surface area is 121 Å². The van der Waals surface area contributed by atoms with Crippen molar-refractivity contribution in [3.05, 3.63) is 29.3 Å². The highest BCUT2D eigenvalue weighted by molar-refractivity contribution is 5.95. The summed E-state index contributed by atoms with van der Waals surface area (Å²) < 4.78 is 0. The van der Waals surface area contributed by atoms with Gasteiger partial charge < -0.3 is 10.6 Å². The van der Waals surface area contributed by atoms with Gasteiger partial charge in [0, 0.05) is 5.69 Å². The SMILES string of the molecule is CCC1CCNC(C(=O)Nc2ccc3c(c2)CCC3)C1. The number of aryl methyl sites for hydroxylation is 2. The van der Waals surface area contributed by atoms with Crippen molar-refractivity contribution in [2.45, 2.75) is 51.5 Å². The van der Waals surface area contributed by atoms with E-state index >= 15 is 0 Å². The molecule has 0 spiro atoms. The number of carbonyl (C=O) groups excluding carboxylic acids is 1. The molecular weight excluding hydrogens is 248 g/mol. The zero-order valence-corrected chi connectivity index (χ0v) is 12.2. The third-order valence-electron chi connectivity index (χ3n) is 4.77. The van der Waals surface area contributed by atoms with Crippen molar-refractivity contribution in [2.24, 2.45) is 5.92 Å². The molecule has 2 aliphatic rings. The summed E-state index contributed by atoms with van der Waals surface area (Å²) in [4.78, 5) is 12.4. The van der Waals surface area contributed by atoms with E-state index in [0.717, 1.165) is 25.1 Å². The fourth-order valence-electron chi connectivity index (χ4n) is 3.45. The van der Waals surface area contributed by atoms with Crippen LogP contribution in [0.15, 0.2) is 18.2 Å². The summed E-state index contributed by atoms with van der Waals surface area (Å²) in [5.74, 6) is 0.813. The average Bonchev–Trinajstić information content (AvgIpc) is 2.95. The van der Waals surface area contributed by atoms with Crippen LogP contribution < -0.4 is 10.6 Å². The summed E-state index contributed by atoms with van der Waals surface area (Å²) in [5, 5.41) is 6.43. The molecular formula is C17H24N2O. The fraction of sp³-hybridized carbons (Fsp3) is 0.588. The minimum atomic E-state index is -0.0260. The maximum atomic E-state index is 12.4. The normalized spacial score (nSPS) is 25.2. The number of benzene rings is 1. The van der Waals surface area contributed by atoms with Crippen molar-refractivity contribution in [3.63, 3.8) is 0 Å². The van der Waals surface area contributed by atoms with E-state index < -0.39 is 0 Å². The maximum Gasteiger partial charge on any atom is 0.241 e. The summed E-state index contributed by atoms with van der Waals surface area (Å²) in [6.07, 6.45) is 6.91. The summed E-state index contributed by atoms with van der Waals surface area (Å²) in [6, 6.07) is 6.34. The second kappa shape index (κ2) is 5.96. The quantitative estimate of drug-likeness (QED) is 0.888. The largest absolute Gasteiger partial charge is 0.325 e. The molecule has 1 heterocycles. The number of hydrogen-bond donors (Lipinski definition) is 2. The van der Waals surface area contributed by atoms with Gasteiger partial charge in [0.15, 0.2) is 0 Å². The lowest BCUT2D eigenvalue weighted by molar-refractivity contribution is -0.119. The van der Waals surface area contributed by atoms with Gasteiger partial charge in [-0.2, -0.15) is 0 Å². The van der Waals surface area contributed by atoms with E-state index in [2.05, 4.69) is 29.7 Å². The molecule has 1 aromatic carbocycles. The van der Waals surface area contributed by atoms with Crippen LogP contribution >= 0.6 is 0 Å². The molecule has 3 rings (SSSR count). The molecule has 0 radical (unpaired) electrons. The van der Waals surface area contributed by atoms with Crippen LogP contribution in [0.1, 0.15) is 43.7 Å². The van der Waals surface area contributed by atoms with Crippen molar-refractivity contribution in [3.8, 4) is 0 Å². The number of piperidine rings is 1. The van der Waals surface area contributed by atoms with Crippen molar-refractivity contribution in [1.82, 2.24) is 5.32 Å². The number of anilines is 1. The smallest absolute Gasteiger partial charge is 0.241 e. The van der Waals surface area contributed by atoms with Crippen LogP contribution in [0.25, 0.3) is 0 Å². The summed E-state index contributed by atoms with van der Waals surface area (Å²) >= 11 is 0. The number of rotatable bonds is 3. The van der Waals surface area contributed by atoms with Gasteiger partial charge in [0.05, 0.1) is 6.04 Å². The Balaban J connectivity index is 1.63. The third-order valence-corrected chi connectivity index (χ3v) is 4.77. The highest BCUT2D eigenvalue weighted by Gasteiger charge is 2.26. The number of hydrogen-bond acceptors (Lipinski definition) is 2. The highest BCUT2D eigenvalue weighted by atomic mass is 16.2. The van der Waals surface area contributed by atoms with E-state index in [1.54, 1.807) is 0 Å². The van der Waals surface area contributed by atoms with E-state index in [-0.39, 0.29) is 11.9 Å². The first-order valence-electron chi connectivity index (χ1n) is 7.92. The first-order chi connectivity index (χ1) is 9.76. The Hall–Kier alpha value is -1.35. The van der Waals surface area contributed by atoms with Gasteiger partial charge in [-0.3, -0.25) is 4.79 Å². The van der Waals surface area contributed by atoms with Crippen LogP contribution in [0.5, 0.6) is 0 Å². The van der Waals surface area contributed by atoms with Crippen molar-refractivity contribution in [1.29, 1.82) is 0 Å². The maximum absolute atomic E-state index is 12.4. The molecule has 3 nitrogen and oxygen atoms in total. The van der Waals surface area contributed by atoms with Crippen molar-refractivity contribution < 1.29 is 4.79 Å². The predicted octanol–water partition coefficient (Wildman–Crippen LogP) is 2.89. The second-order valence-corrected chi connectivity index (χ2v) is 6.13. The van der Waals surface area contributed by atoms with Gasteiger partial charge in [-0.05, 0) is 67.8 Å². The molecule has 2 N–H and O–H groups in total. The Bertz CT molecular complexity index is 498. The van der Waals surface area contributed by atoms with Gasteiger partial charge in [0.25, 0.3) is 0 Å². The molecule has 1 amide bonds. The van der Waals surface area contributed by atoms with Crippen LogP contribution in [0.4, 0.5) is 5.69 Å². The Morgan fingerprint density at radius 3 is 3.05 bits per heavy atom. The van der Waals surface area contributed by atoms with Gasteiger partial charge in [0.2, 0.25) is 5.91 Å². The van der Waals surface area contributed by atoms with Crippen molar-refractivity contribution in [2.75, 3.05) is 11.9 Å². The molecule has 1 aliphatic carbocycles. The molecule has 2 atom stereocenters. The fourth-order valence-corrected chi connectivity index (χ4v) is 3.45. The molecule has 0 bridgehead atoms. The molecule has 2 unspecified atom stereocenters. The van der Waals surface area contributed by atoms with E-state index in [0.29, 0.717) is 5.92 Å². The summed E-state index contributed by atoms with van der Waals surface area (Å²) in [6.45, 7) is 3.17. The lowest BCUT2D eigenvalue weighted by atomic mass is 9.90. The van der Waals surface area contributed by atoms with Gasteiger partial charge in [-0.25, -0.2) is 0 Å². The second-order valence-electron chi connectivity index (χ2n) is 6.13. The summed E-state index contributed by atoms with van der Waals surface area (Å²) in [7, 11) is 0. The zero-order chi connectivity index (χ0) is 13.9. The van der Waals surface area contributed by atoms with E-state index in [4.69, 9.17) is 0 Å². The standard InChI is InChI=1S/C17H24N2O/c1-2-12-8-9-18-16(10-12)17(20)19-15-7-6-13-4-3-5-14(13)11-15/h6-7,11-12,16,18H,2-5,8-10H2,1H3,(H,19,20). The Kier molecular flexibility index (Phi) is 4.06. The zero-order valence-electron chi connectivity index (χ0n) is 12.2. The van der Waals surface area contributed by atoms with Gasteiger partial charge in [-0.1, -0.05) is 19.4 Å². The molecule has 3 heteroatoms. The Morgan fingerprint density at radius 1 is 1.35 bits per heavy atom. The van der Waals surface area contributed by atoms with Gasteiger partial charge >= 0.3 is 0 Å². The minimum absolute atomic E-state index is 0.0260. The molecule has 0 saturated carbocycles. The molecule has 1 aliphatic heterocycles. The van der Waals surface area contributed by atoms with Gasteiger partial charge in [-0.15, -0.1) is 0 Å².